The molecular weight excluding hydrogens is 507 g/mol. The Balaban J connectivity index is 1.49. The summed E-state index contributed by atoms with van der Waals surface area (Å²) in [6, 6.07) is 14.5. The van der Waals surface area contributed by atoms with Crippen LogP contribution in [-0.4, -0.2) is 4.98 Å². The summed E-state index contributed by atoms with van der Waals surface area (Å²) in [7, 11) is 0. The lowest BCUT2D eigenvalue weighted by Crippen LogP contribution is -2.20. The van der Waals surface area contributed by atoms with Crippen LogP contribution in [0.1, 0.15) is 55.7 Å². The van der Waals surface area contributed by atoms with E-state index in [0.717, 1.165) is 50.5 Å². The summed E-state index contributed by atoms with van der Waals surface area (Å²) in [4.78, 5) is 4.53. The van der Waals surface area contributed by atoms with Gasteiger partial charge in [0, 0.05) is 35.4 Å². The largest absolute Gasteiger partial charge is 0.398 e. The quantitative estimate of drug-likeness (QED) is 0.165. The van der Waals surface area contributed by atoms with Crippen molar-refractivity contribution in [2.45, 2.75) is 52.4 Å². The Kier molecular flexibility index (Phi) is 9.96. The van der Waals surface area contributed by atoms with Crippen LogP contribution in [0.25, 0.3) is 16.7 Å². The number of rotatable bonds is 11. The molecule has 0 radical (unpaired) electrons. The highest BCUT2D eigenvalue weighted by Gasteiger charge is 2.17. The van der Waals surface area contributed by atoms with Crippen LogP contribution in [0.4, 0.5) is 15.9 Å². The summed E-state index contributed by atoms with van der Waals surface area (Å²) in [5, 5.41) is 6.88. The van der Waals surface area contributed by atoms with Crippen LogP contribution in [0.3, 0.4) is 0 Å². The van der Waals surface area contributed by atoms with Gasteiger partial charge in [-0.25, -0.2) is 9.37 Å². The second-order valence-electron chi connectivity index (χ2n) is 10.7. The molecule has 1 heterocycles. The van der Waals surface area contributed by atoms with Crippen molar-refractivity contribution in [2.75, 3.05) is 11.1 Å². The highest BCUT2D eigenvalue weighted by molar-refractivity contribution is 5.77. The predicted octanol–water partition coefficient (Wildman–Crippen LogP) is 9.10. The van der Waals surface area contributed by atoms with Gasteiger partial charge >= 0.3 is 0 Å². The van der Waals surface area contributed by atoms with Crippen LogP contribution in [0.5, 0.6) is 0 Å². The first-order valence-corrected chi connectivity index (χ1v) is 14.3. The number of hydrogen-bond donors (Lipinski definition) is 3. The van der Waals surface area contributed by atoms with Crippen molar-refractivity contribution < 1.29 is 4.39 Å². The second kappa shape index (κ2) is 13.8. The SMILES string of the molecule is C=C/C(=C\C(=C/C)c1ccc(N)c(CC(=C)Nc2nccc(-c3ccc(F)cc3)c2C)c1)NC(=C)C1CCCCC1. The van der Waals surface area contributed by atoms with Crippen molar-refractivity contribution in [1.29, 1.82) is 0 Å². The molecule has 4 nitrogen and oxygen atoms in total. The normalized spacial score (nSPS) is 14.4. The molecule has 4 rings (SSSR count). The van der Waals surface area contributed by atoms with Crippen LogP contribution in [0.15, 0.2) is 110 Å². The molecule has 0 aliphatic heterocycles. The Morgan fingerprint density at radius 2 is 1.80 bits per heavy atom. The standard InChI is InChI=1S/C36H41FN4/c1-6-27(23-33(7-2)41-26(5)28-11-9-8-10-12-28)30-15-18-35(38)31(22-30)21-24(3)40-36-25(4)34(19-20-39-36)29-13-16-32(37)17-14-29/h6-7,13-20,22-23,28,41H,2-3,5,8-12,21,38H2,1,4H3,(H,39,40)/b27-6+,33-23+. The van der Waals surface area contributed by atoms with E-state index in [-0.39, 0.29) is 5.82 Å². The number of hydrogen-bond acceptors (Lipinski definition) is 4. The number of allylic oxidation sites excluding steroid dienone is 6. The molecule has 1 aliphatic carbocycles. The zero-order valence-corrected chi connectivity index (χ0v) is 24.3. The van der Waals surface area contributed by atoms with E-state index in [1.807, 2.05) is 38.1 Å². The molecule has 0 unspecified atom stereocenters. The number of nitrogens with one attached hydrogen (secondary N) is 2. The summed E-state index contributed by atoms with van der Waals surface area (Å²) in [5.74, 6) is 0.964. The molecule has 1 aliphatic rings. The highest BCUT2D eigenvalue weighted by atomic mass is 19.1. The van der Waals surface area contributed by atoms with Crippen molar-refractivity contribution in [3.05, 3.63) is 132 Å². The summed E-state index contributed by atoms with van der Waals surface area (Å²) in [6.45, 7) is 16.6. The summed E-state index contributed by atoms with van der Waals surface area (Å²) >= 11 is 0. The smallest absolute Gasteiger partial charge is 0.133 e. The van der Waals surface area contributed by atoms with Gasteiger partial charge < -0.3 is 16.4 Å². The molecule has 212 valence electrons. The maximum Gasteiger partial charge on any atom is 0.133 e. The molecule has 41 heavy (non-hydrogen) atoms. The Morgan fingerprint density at radius 3 is 2.49 bits per heavy atom. The van der Waals surface area contributed by atoms with E-state index in [0.29, 0.717) is 23.8 Å². The van der Waals surface area contributed by atoms with Gasteiger partial charge in [0.05, 0.1) is 0 Å². The Bertz CT molecular complexity index is 1470. The number of nitrogens with two attached hydrogens (primary N) is 1. The van der Waals surface area contributed by atoms with Crippen LogP contribution >= 0.6 is 0 Å². The average Bonchev–Trinajstić information content (AvgIpc) is 2.98. The summed E-state index contributed by atoms with van der Waals surface area (Å²) in [6.07, 6.45) is 14.6. The van der Waals surface area contributed by atoms with Gasteiger partial charge in [-0.15, -0.1) is 0 Å². The maximum absolute atomic E-state index is 13.4. The fraction of sp³-hybridized carbons (Fsp3) is 0.250. The maximum atomic E-state index is 13.4. The lowest BCUT2D eigenvalue weighted by molar-refractivity contribution is 0.393. The predicted molar refractivity (Wildman–Crippen MR) is 172 cm³/mol. The molecule has 1 fully saturated rings. The zero-order chi connectivity index (χ0) is 29.4. The number of anilines is 2. The summed E-state index contributed by atoms with van der Waals surface area (Å²) in [5.41, 5.74) is 15.8. The lowest BCUT2D eigenvalue weighted by Gasteiger charge is -2.25. The molecule has 0 amide bonds. The molecular formula is C36H41FN4. The highest BCUT2D eigenvalue weighted by Crippen LogP contribution is 2.30. The number of nitrogens with zero attached hydrogens (tertiary/aromatic N) is 1. The Hall–Kier alpha value is -4.38. The van der Waals surface area contributed by atoms with Gasteiger partial charge in [0.25, 0.3) is 0 Å². The third kappa shape index (κ3) is 7.63. The van der Waals surface area contributed by atoms with Crippen LogP contribution in [-0.2, 0) is 6.42 Å². The van der Waals surface area contributed by atoms with Crippen molar-refractivity contribution >= 4 is 17.1 Å². The first kappa shape index (κ1) is 29.6. The van der Waals surface area contributed by atoms with Gasteiger partial charge in [-0.3, -0.25) is 0 Å². The van der Waals surface area contributed by atoms with Crippen LogP contribution in [0, 0.1) is 18.7 Å². The van der Waals surface area contributed by atoms with Gasteiger partial charge in [0.1, 0.15) is 11.6 Å². The van der Waals surface area contributed by atoms with Gasteiger partial charge in [-0.05, 0) is 108 Å². The number of benzene rings is 2. The van der Waals surface area contributed by atoms with Gasteiger partial charge in [0.15, 0.2) is 0 Å². The van der Waals surface area contributed by atoms with E-state index in [2.05, 4.69) is 53.6 Å². The van der Waals surface area contributed by atoms with E-state index in [4.69, 9.17) is 5.73 Å². The monoisotopic (exact) mass is 548 g/mol. The number of halogens is 1. The number of aromatic nitrogens is 1. The minimum Gasteiger partial charge on any atom is -0.398 e. The van der Waals surface area contributed by atoms with E-state index >= 15 is 0 Å². The topological polar surface area (TPSA) is 63.0 Å². The molecule has 1 aromatic heterocycles. The Labute approximate surface area is 244 Å². The first-order valence-electron chi connectivity index (χ1n) is 14.3. The van der Waals surface area contributed by atoms with Crippen LogP contribution in [0.2, 0.25) is 0 Å². The summed E-state index contributed by atoms with van der Waals surface area (Å²) < 4.78 is 13.4. The molecule has 5 heteroatoms. The molecule has 1 saturated carbocycles. The third-order valence-electron chi connectivity index (χ3n) is 7.78. The Morgan fingerprint density at radius 1 is 1.07 bits per heavy atom. The van der Waals surface area contributed by atoms with E-state index in [1.165, 1.54) is 44.2 Å². The van der Waals surface area contributed by atoms with E-state index in [1.54, 1.807) is 18.3 Å². The van der Waals surface area contributed by atoms with Crippen LogP contribution < -0.4 is 16.4 Å². The first-order chi connectivity index (χ1) is 19.8. The van der Waals surface area contributed by atoms with Crippen molar-refractivity contribution in [3.8, 4) is 11.1 Å². The lowest BCUT2D eigenvalue weighted by atomic mass is 9.87. The van der Waals surface area contributed by atoms with Crippen molar-refractivity contribution in [1.82, 2.24) is 10.3 Å². The van der Waals surface area contributed by atoms with Gasteiger partial charge in [0.2, 0.25) is 0 Å². The van der Waals surface area contributed by atoms with E-state index in [9.17, 15) is 4.39 Å². The average molecular weight is 549 g/mol. The van der Waals surface area contributed by atoms with Gasteiger partial charge in [-0.1, -0.05) is 63.3 Å². The van der Waals surface area contributed by atoms with Gasteiger partial charge in [-0.2, -0.15) is 0 Å². The molecule has 0 saturated heterocycles. The molecule has 0 atom stereocenters. The van der Waals surface area contributed by atoms with Crippen molar-refractivity contribution in [2.24, 2.45) is 5.92 Å². The minimum absolute atomic E-state index is 0.259. The molecule has 4 N–H and O–H groups in total. The second-order valence-corrected chi connectivity index (χ2v) is 10.7. The molecule has 0 bridgehead atoms. The minimum atomic E-state index is -0.259. The fourth-order valence-corrected chi connectivity index (χ4v) is 5.37. The zero-order valence-electron chi connectivity index (χ0n) is 24.3. The molecule has 0 spiro atoms. The molecule has 3 aromatic rings. The molecule has 2 aromatic carbocycles. The number of pyridine rings is 1. The third-order valence-corrected chi connectivity index (χ3v) is 7.78. The number of nitrogen functional groups attached to an aromatic ring is 1. The fourth-order valence-electron chi connectivity index (χ4n) is 5.37. The van der Waals surface area contributed by atoms with E-state index < -0.39 is 0 Å². The van der Waals surface area contributed by atoms with Crippen molar-refractivity contribution in [3.63, 3.8) is 0 Å².